The van der Waals surface area contributed by atoms with Gasteiger partial charge in [0.15, 0.2) is 16.7 Å². The van der Waals surface area contributed by atoms with E-state index in [9.17, 15) is 9.59 Å². The van der Waals surface area contributed by atoms with Gasteiger partial charge in [0.25, 0.3) is 5.91 Å². The topological polar surface area (TPSA) is 77.4 Å². The smallest absolute Gasteiger partial charge is 0.338 e. The molecule has 0 saturated carbocycles. The third-order valence-electron chi connectivity index (χ3n) is 4.40. The fourth-order valence-corrected chi connectivity index (χ4v) is 4.18. The van der Waals surface area contributed by atoms with Crippen molar-refractivity contribution in [2.75, 3.05) is 27.9 Å². The number of amides is 1. The third-order valence-corrected chi connectivity index (χ3v) is 6.14. The van der Waals surface area contributed by atoms with Gasteiger partial charge in [-0.15, -0.1) is 0 Å². The van der Waals surface area contributed by atoms with Crippen LogP contribution in [-0.2, 0) is 9.53 Å². The number of carbonyl (C=O) groups is 2. The van der Waals surface area contributed by atoms with Gasteiger partial charge in [0.05, 0.1) is 37.0 Å². The average molecular weight is 505 g/mol. The SMILES string of the molecule is CCOC(=O)c1ccc(N=C2S/C(=C\c3cc(OC)c(OC)cc3Br)C(=O)N2C)cc1. The van der Waals surface area contributed by atoms with Crippen molar-refractivity contribution in [2.24, 2.45) is 4.99 Å². The summed E-state index contributed by atoms with van der Waals surface area (Å²) in [6.07, 6.45) is 1.78. The van der Waals surface area contributed by atoms with Crippen molar-refractivity contribution < 1.29 is 23.8 Å². The number of esters is 1. The Morgan fingerprint density at radius 3 is 2.42 bits per heavy atom. The number of amidine groups is 1. The number of rotatable bonds is 6. The lowest BCUT2D eigenvalue weighted by atomic mass is 10.2. The summed E-state index contributed by atoms with van der Waals surface area (Å²) in [5, 5.41) is 0.539. The van der Waals surface area contributed by atoms with E-state index >= 15 is 0 Å². The highest BCUT2D eigenvalue weighted by Crippen LogP contribution is 2.38. The number of halogens is 1. The van der Waals surface area contributed by atoms with E-state index in [4.69, 9.17) is 14.2 Å². The van der Waals surface area contributed by atoms with Crippen LogP contribution < -0.4 is 9.47 Å². The molecule has 1 fully saturated rings. The second-order valence-electron chi connectivity index (χ2n) is 6.37. The number of hydrogen-bond acceptors (Lipinski definition) is 7. The molecule has 0 aromatic heterocycles. The number of hydrogen-bond donors (Lipinski definition) is 0. The largest absolute Gasteiger partial charge is 0.493 e. The molecule has 0 spiro atoms. The number of nitrogens with zero attached hydrogens (tertiary/aromatic N) is 2. The standard InChI is InChI=1S/C22H21BrN2O5S/c1-5-30-21(27)13-6-8-15(9-7-13)24-22-25(2)20(26)19(31-22)11-14-10-17(28-3)18(29-4)12-16(14)23/h6-12H,5H2,1-4H3/b19-11-,24-22?. The van der Waals surface area contributed by atoms with E-state index in [1.807, 2.05) is 0 Å². The number of aliphatic imine (C=N–C) groups is 1. The van der Waals surface area contributed by atoms with Crippen LogP contribution >= 0.6 is 27.7 Å². The molecule has 1 amide bonds. The molecule has 0 bridgehead atoms. The highest BCUT2D eigenvalue weighted by Gasteiger charge is 2.30. The van der Waals surface area contributed by atoms with Crippen LogP contribution in [0, 0.1) is 0 Å². The first kappa shape index (κ1) is 22.9. The lowest BCUT2D eigenvalue weighted by Gasteiger charge is -2.10. The summed E-state index contributed by atoms with van der Waals surface area (Å²) in [6.45, 7) is 2.08. The minimum absolute atomic E-state index is 0.159. The van der Waals surface area contributed by atoms with Crippen LogP contribution in [0.3, 0.4) is 0 Å². The summed E-state index contributed by atoms with van der Waals surface area (Å²) in [7, 11) is 4.80. The summed E-state index contributed by atoms with van der Waals surface area (Å²) in [6, 6.07) is 10.3. The van der Waals surface area contributed by atoms with Gasteiger partial charge in [-0.25, -0.2) is 9.79 Å². The van der Waals surface area contributed by atoms with Gasteiger partial charge >= 0.3 is 5.97 Å². The maximum absolute atomic E-state index is 12.7. The first-order valence-electron chi connectivity index (χ1n) is 9.33. The minimum atomic E-state index is -0.380. The molecule has 1 heterocycles. The summed E-state index contributed by atoms with van der Waals surface area (Å²) in [5.74, 6) is 0.619. The van der Waals surface area contributed by atoms with Crippen LogP contribution in [0.4, 0.5) is 5.69 Å². The molecule has 31 heavy (non-hydrogen) atoms. The van der Waals surface area contributed by atoms with Gasteiger partial charge in [-0.05, 0) is 66.7 Å². The van der Waals surface area contributed by atoms with E-state index in [0.29, 0.717) is 39.4 Å². The molecule has 2 aromatic rings. The molecule has 0 N–H and O–H groups in total. The molecule has 1 saturated heterocycles. The number of methoxy groups -OCH3 is 2. The zero-order chi connectivity index (χ0) is 22.5. The third kappa shape index (κ3) is 5.11. The van der Waals surface area contributed by atoms with Crippen molar-refractivity contribution in [1.82, 2.24) is 4.90 Å². The summed E-state index contributed by atoms with van der Waals surface area (Å²) >= 11 is 4.78. The van der Waals surface area contributed by atoms with Gasteiger partial charge in [-0.1, -0.05) is 15.9 Å². The molecule has 0 unspecified atom stereocenters. The van der Waals surface area contributed by atoms with Crippen molar-refractivity contribution in [3.63, 3.8) is 0 Å². The summed E-state index contributed by atoms with van der Waals surface area (Å²) in [4.78, 5) is 31.1. The molecular formula is C22H21BrN2O5S. The number of carbonyl (C=O) groups excluding carboxylic acids is 2. The fraction of sp³-hybridized carbons (Fsp3) is 0.227. The molecule has 1 aliphatic rings. The maximum Gasteiger partial charge on any atom is 0.338 e. The highest BCUT2D eigenvalue weighted by atomic mass is 79.9. The van der Waals surface area contributed by atoms with E-state index in [1.54, 1.807) is 70.7 Å². The van der Waals surface area contributed by atoms with Crippen molar-refractivity contribution in [3.05, 3.63) is 56.9 Å². The minimum Gasteiger partial charge on any atom is -0.493 e. The Morgan fingerprint density at radius 2 is 1.81 bits per heavy atom. The molecule has 0 aliphatic carbocycles. The predicted molar refractivity (Wildman–Crippen MR) is 125 cm³/mol. The van der Waals surface area contributed by atoms with Gasteiger partial charge in [-0.2, -0.15) is 0 Å². The summed E-state index contributed by atoms with van der Waals surface area (Å²) < 4.78 is 16.4. The Bertz CT molecular complexity index is 1070. The van der Waals surface area contributed by atoms with Crippen molar-refractivity contribution in [3.8, 4) is 11.5 Å². The Kier molecular flexibility index (Phi) is 7.40. The molecule has 2 aromatic carbocycles. The van der Waals surface area contributed by atoms with E-state index < -0.39 is 0 Å². The van der Waals surface area contributed by atoms with Crippen LogP contribution in [0.5, 0.6) is 11.5 Å². The number of ether oxygens (including phenoxy) is 3. The Balaban J connectivity index is 1.86. The number of likely N-dealkylation sites (N-methyl/N-ethyl adjacent to an activating group) is 1. The highest BCUT2D eigenvalue weighted by molar-refractivity contribution is 9.10. The van der Waals surface area contributed by atoms with Gasteiger partial charge in [0.2, 0.25) is 0 Å². The van der Waals surface area contributed by atoms with Crippen LogP contribution in [0.1, 0.15) is 22.8 Å². The van der Waals surface area contributed by atoms with Crippen molar-refractivity contribution in [1.29, 1.82) is 0 Å². The van der Waals surface area contributed by atoms with E-state index in [1.165, 1.54) is 16.7 Å². The van der Waals surface area contributed by atoms with E-state index in [0.717, 1.165) is 10.0 Å². The Labute approximate surface area is 193 Å². The van der Waals surface area contributed by atoms with Crippen LogP contribution in [0.2, 0.25) is 0 Å². The normalized spacial score (nSPS) is 16.2. The second kappa shape index (κ2) is 10.0. The van der Waals surface area contributed by atoms with E-state index in [2.05, 4.69) is 20.9 Å². The predicted octanol–water partition coefficient (Wildman–Crippen LogP) is 4.88. The zero-order valence-corrected chi connectivity index (χ0v) is 19.9. The van der Waals surface area contributed by atoms with Crippen molar-refractivity contribution >= 4 is 56.5 Å². The number of thioether (sulfide) groups is 1. The molecule has 3 rings (SSSR count). The maximum atomic E-state index is 12.7. The molecule has 1 aliphatic heterocycles. The first-order chi connectivity index (χ1) is 14.9. The lowest BCUT2D eigenvalue weighted by Crippen LogP contribution is -2.23. The first-order valence-corrected chi connectivity index (χ1v) is 10.9. The monoisotopic (exact) mass is 504 g/mol. The van der Waals surface area contributed by atoms with Crippen molar-refractivity contribution in [2.45, 2.75) is 6.92 Å². The molecule has 0 radical (unpaired) electrons. The zero-order valence-electron chi connectivity index (χ0n) is 17.5. The van der Waals surface area contributed by atoms with E-state index in [-0.39, 0.29) is 11.9 Å². The molecule has 9 heteroatoms. The van der Waals surface area contributed by atoms with Gasteiger partial charge in [0.1, 0.15) is 0 Å². The van der Waals surface area contributed by atoms with Gasteiger partial charge in [-0.3, -0.25) is 9.69 Å². The lowest BCUT2D eigenvalue weighted by molar-refractivity contribution is -0.121. The summed E-state index contributed by atoms with van der Waals surface area (Å²) in [5.41, 5.74) is 1.86. The Hall–Kier alpha value is -2.78. The molecule has 0 atom stereocenters. The number of benzene rings is 2. The quantitative estimate of drug-likeness (QED) is 0.412. The van der Waals surface area contributed by atoms with Gasteiger partial charge in [0, 0.05) is 11.5 Å². The molecular weight excluding hydrogens is 484 g/mol. The second-order valence-corrected chi connectivity index (χ2v) is 8.23. The molecule has 7 nitrogen and oxygen atoms in total. The van der Waals surface area contributed by atoms with Gasteiger partial charge < -0.3 is 14.2 Å². The van der Waals surface area contributed by atoms with Crippen LogP contribution in [0.25, 0.3) is 6.08 Å². The molecule has 162 valence electrons. The van der Waals surface area contributed by atoms with Crippen LogP contribution in [0.15, 0.2) is 50.8 Å². The average Bonchev–Trinajstić information content (AvgIpc) is 3.03. The van der Waals surface area contributed by atoms with Crippen LogP contribution in [-0.4, -0.2) is 49.8 Å². The Morgan fingerprint density at radius 1 is 1.16 bits per heavy atom. The fourth-order valence-electron chi connectivity index (χ4n) is 2.77.